The highest BCUT2D eigenvalue weighted by atomic mass is 35.5. The smallest absolute Gasteiger partial charge is 0.142 e. The molecular weight excluding hydrogens is 297 g/mol. The normalized spacial score (nSPS) is 14.6. The largest absolute Gasteiger partial charge is 0.492 e. The van der Waals surface area contributed by atoms with Gasteiger partial charge >= 0.3 is 0 Å². The Morgan fingerprint density at radius 1 is 1.20 bits per heavy atom. The standard InChI is InChI=1S/C15H21Cl2NO2/c1-19-6-2-3-7-20-15-11(10-18-13-4-5-13)8-12(16)9-14(15)17/h8-9,13,18H,2-7,10H2,1H3. The van der Waals surface area contributed by atoms with Crippen LogP contribution in [0.15, 0.2) is 12.1 Å². The predicted molar refractivity (Wildman–Crippen MR) is 82.9 cm³/mol. The summed E-state index contributed by atoms with van der Waals surface area (Å²) in [6.45, 7) is 2.15. The van der Waals surface area contributed by atoms with Crippen LogP contribution in [0.3, 0.4) is 0 Å². The van der Waals surface area contributed by atoms with Gasteiger partial charge in [-0.05, 0) is 37.8 Å². The SMILES string of the molecule is COCCCCOc1c(Cl)cc(Cl)cc1CNC1CC1. The molecule has 0 saturated heterocycles. The summed E-state index contributed by atoms with van der Waals surface area (Å²) in [4.78, 5) is 0. The number of nitrogens with one attached hydrogen (secondary N) is 1. The quantitative estimate of drug-likeness (QED) is 0.697. The van der Waals surface area contributed by atoms with Crippen LogP contribution in [0.4, 0.5) is 0 Å². The third kappa shape index (κ3) is 5.13. The van der Waals surface area contributed by atoms with Crippen molar-refractivity contribution in [3.63, 3.8) is 0 Å². The Bertz CT molecular complexity index is 436. The molecule has 1 aromatic carbocycles. The Balaban J connectivity index is 1.92. The minimum absolute atomic E-state index is 0.580. The molecule has 2 rings (SSSR count). The van der Waals surface area contributed by atoms with E-state index >= 15 is 0 Å². The van der Waals surface area contributed by atoms with E-state index in [-0.39, 0.29) is 0 Å². The number of methoxy groups -OCH3 is 1. The fraction of sp³-hybridized carbons (Fsp3) is 0.600. The highest BCUT2D eigenvalue weighted by Crippen LogP contribution is 2.33. The van der Waals surface area contributed by atoms with Crippen molar-refractivity contribution in [3.05, 3.63) is 27.7 Å². The first-order chi connectivity index (χ1) is 9.70. The Kier molecular flexibility index (Phi) is 6.43. The molecule has 1 N–H and O–H groups in total. The Morgan fingerprint density at radius 2 is 1.95 bits per heavy atom. The zero-order valence-electron chi connectivity index (χ0n) is 11.8. The van der Waals surface area contributed by atoms with E-state index in [4.69, 9.17) is 32.7 Å². The third-order valence-corrected chi connectivity index (χ3v) is 3.73. The molecule has 1 aliphatic carbocycles. The summed E-state index contributed by atoms with van der Waals surface area (Å²) < 4.78 is 10.9. The average Bonchev–Trinajstić information content (AvgIpc) is 3.22. The monoisotopic (exact) mass is 317 g/mol. The average molecular weight is 318 g/mol. The van der Waals surface area contributed by atoms with Crippen molar-refractivity contribution in [1.82, 2.24) is 5.32 Å². The molecule has 0 aliphatic heterocycles. The summed E-state index contributed by atoms with van der Waals surface area (Å²) in [6, 6.07) is 4.30. The lowest BCUT2D eigenvalue weighted by Crippen LogP contribution is -2.16. The van der Waals surface area contributed by atoms with Crippen LogP contribution in [-0.4, -0.2) is 26.4 Å². The number of halogens is 2. The maximum Gasteiger partial charge on any atom is 0.142 e. The van der Waals surface area contributed by atoms with Gasteiger partial charge < -0.3 is 14.8 Å². The van der Waals surface area contributed by atoms with Gasteiger partial charge in [-0.3, -0.25) is 0 Å². The second-order valence-corrected chi connectivity index (χ2v) is 5.92. The van der Waals surface area contributed by atoms with Crippen LogP contribution >= 0.6 is 23.2 Å². The van der Waals surface area contributed by atoms with E-state index in [0.717, 1.165) is 37.3 Å². The molecule has 0 bridgehead atoms. The van der Waals surface area contributed by atoms with Gasteiger partial charge in [0.25, 0.3) is 0 Å². The number of benzene rings is 1. The topological polar surface area (TPSA) is 30.5 Å². The summed E-state index contributed by atoms with van der Waals surface area (Å²) >= 11 is 12.3. The number of unbranched alkanes of at least 4 members (excludes halogenated alkanes) is 1. The Labute approximate surface area is 130 Å². The number of hydrogen-bond donors (Lipinski definition) is 1. The molecule has 1 fully saturated rings. The van der Waals surface area contributed by atoms with Gasteiger partial charge in [-0.1, -0.05) is 23.2 Å². The van der Waals surface area contributed by atoms with Crippen LogP contribution in [0, 0.1) is 0 Å². The minimum Gasteiger partial charge on any atom is -0.492 e. The molecule has 1 aromatic rings. The third-order valence-electron chi connectivity index (χ3n) is 3.23. The van der Waals surface area contributed by atoms with Crippen molar-refractivity contribution >= 4 is 23.2 Å². The second kappa shape index (κ2) is 8.08. The summed E-state index contributed by atoms with van der Waals surface area (Å²) in [5, 5.41) is 4.69. The highest BCUT2D eigenvalue weighted by molar-refractivity contribution is 6.35. The molecule has 20 heavy (non-hydrogen) atoms. The minimum atomic E-state index is 0.580. The first kappa shape index (κ1) is 15.9. The zero-order chi connectivity index (χ0) is 14.4. The molecular formula is C15H21Cl2NO2. The van der Waals surface area contributed by atoms with Crippen molar-refractivity contribution in [2.24, 2.45) is 0 Å². The summed E-state index contributed by atoms with van der Waals surface area (Å²) in [5.74, 6) is 0.752. The molecule has 3 nitrogen and oxygen atoms in total. The van der Waals surface area contributed by atoms with Crippen LogP contribution in [0.5, 0.6) is 5.75 Å². The maximum absolute atomic E-state index is 6.24. The van der Waals surface area contributed by atoms with Crippen molar-refractivity contribution in [3.8, 4) is 5.75 Å². The van der Waals surface area contributed by atoms with Crippen LogP contribution < -0.4 is 10.1 Å². The molecule has 5 heteroatoms. The first-order valence-electron chi connectivity index (χ1n) is 7.03. The van der Waals surface area contributed by atoms with Gasteiger partial charge in [0.2, 0.25) is 0 Å². The van der Waals surface area contributed by atoms with Gasteiger partial charge in [-0.15, -0.1) is 0 Å². The molecule has 0 spiro atoms. The Morgan fingerprint density at radius 3 is 2.65 bits per heavy atom. The molecule has 0 radical (unpaired) electrons. The maximum atomic E-state index is 6.24. The van der Waals surface area contributed by atoms with Crippen molar-refractivity contribution in [2.75, 3.05) is 20.3 Å². The van der Waals surface area contributed by atoms with Gasteiger partial charge in [-0.25, -0.2) is 0 Å². The number of ether oxygens (including phenoxy) is 2. The molecule has 0 aromatic heterocycles. The van der Waals surface area contributed by atoms with E-state index in [0.29, 0.717) is 22.7 Å². The van der Waals surface area contributed by atoms with Gasteiger partial charge in [0, 0.05) is 36.9 Å². The lowest BCUT2D eigenvalue weighted by atomic mass is 10.2. The molecule has 0 unspecified atom stereocenters. The number of rotatable bonds is 9. The van der Waals surface area contributed by atoms with E-state index in [2.05, 4.69) is 5.32 Å². The van der Waals surface area contributed by atoms with Gasteiger partial charge in [0.05, 0.1) is 11.6 Å². The van der Waals surface area contributed by atoms with Crippen LogP contribution in [0.1, 0.15) is 31.2 Å². The fourth-order valence-corrected chi connectivity index (χ4v) is 2.56. The van der Waals surface area contributed by atoms with E-state index in [1.54, 1.807) is 13.2 Å². The van der Waals surface area contributed by atoms with Crippen molar-refractivity contribution in [2.45, 2.75) is 38.3 Å². The second-order valence-electron chi connectivity index (χ2n) is 5.08. The highest BCUT2D eigenvalue weighted by Gasteiger charge is 2.21. The van der Waals surface area contributed by atoms with E-state index in [1.807, 2.05) is 6.07 Å². The molecule has 112 valence electrons. The lowest BCUT2D eigenvalue weighted by Gasteiger charge is -2.14. The van der Waals surface area contributed by atoms with Crippen LogP contribution in [-0.2, 0) is 11.3 Å². The van der Waals surface area contributed by atoms with Crippen LogP contribution in [0.25, 0.3) is 0 Å². The number of hydrogen-bond acceptors (Lipinski definition) is 3. The van der Waals surface area contributed by atoms with Crippen molar-refractivity contribution in [1.29, 1.82) is 0 Å². The van der Waals surface area contributed by atoms with Gasteiger partial charge in [0.15, 0.2) is 0 Å². The van der Waals surface area contributed by atoms with Gasteiger partial charge in [-0.2, -0.15) is 0 Å². The van der Waals surface area contributed by atoms with Gasteiger partial charge in [0.1, 0.15) is 5.75 Å². The fourth-order valence-electron chi connectivity index (χ4n) is 1.97. The molecule has 0 amide bonds. The first-order valence-corrected chi connectivity index (χ1v) is 7.79. The lowest BCUT2D eigenvalue weighted by molar-refractivity contribution is 0.184. The van der Waals surface area contributed by atoms with E-state index in [1.165, 1.54) is 12.8 Å². The molecule has 1 aliphatic rings. The molecule has 0 heterocycles. The van der Waals surface area contributed by atoms with Crippen LogP contribution in [0.2, 0.25) is 10.0 Å². The summed E-state index contributed by atoms with van der Waals surface area (Å²) in [6.07, 6.45) is 4.43. The molecule has 0 atom stereocenters. The Hall–Kier alpha value is -0.480. The molecule has 1 saturated carbocycles. The summed E-state index contributed by atoms with van der Waals surface area (Å²) in [5.41, 5.74) is 1.03. The van der Waals surface area contributed by atoms with E-state index in [9.17, 15) is 0 Å². The predicted octanol–water partition coefficient (Wildman–Crippen LogP) is 4.05. The van der Waals surface area contributed by atoms with E-state index < -0.39 is 0 Å². The van der Waals surface area contributed by atoms with Crippen molar-refractivity contribution < 1.29 is 9.47 Å². The zero-order valence-corrected chi connectivity index (χ0v) is 13.3. The summed E-state index contributed by atoms with van der Waals surface area (Å²) in [7, 11) is 1.71.